The van der Waals surface area contributed by atoms with Crippen molar-refractivity contribution in [1.29, 1.82) is 0 Å². The Kier molecular flexibility index (Phi) is 1.44. The first-order chi connectivity index (χ1) is 4.20. The molecular formula is C4H4N2O2S. The number of carbonyl (C=O) groups excluding carboxylic acids is 2. The van der Waals surface area contributed by atoms with Crippen LogP contribution < -0.4 is 10.6 Å². The van der Waals surface area contributed by atoms with E-state index in [0.29, 0.717) is 0 Å². The van der Waals surface area contributed by atoms with Crippen LogP contribution in [0.25, 0.3) is 0 Å². The second-order valence-corrected chi connectivity index (χ2v) is 2.05. The van der Waals surface area contributed by atoms with Gasteiger partial charge in [0.2, 0.25) is 0 Å². The molecule has 0 bridgehead atoms. The largest absolute Gasteiger partial charge is 0.333 e. The zero-order chi connectivity index (χ0) is 6.85. The summed E-state index contributed by atoms with van der Waals surface area (Å²) in [6, 6.07) is -0.478. The van der Waals surface area contributed by atoms with Crippen molar-refractivity contribution >= 4 is 29.0 Å². The van der Waals surface area contributed by atoms with Crippen LogP contribution in [-0.2, 0) is 4.79 Å². The van der Waals surface area contributed by atoms with E-state index in [1.165, 1.54) is 0 Å². The zero-order valence-corrected chi connectivity index (χ0v) is 5.25. The first-order valence-corrected chi connectivity index (χ1v) is 2.73. The van der Waals surface area contributed by atoms with Crippen LogP contribution in [0.5, 0.6) is 0 Å². The van der Waals surface area contributed by atoms with E-state index in [0.717, 1.165) is 0 Å². The van der Waals surface area contributed by atoms with E-state index in [4.69, 9.17) is 0 Å². The lowest BCUT2D eigenvalue weighted by atomic mass is 10.3. The van der Waals surface area contributed by atoms with Gasteiger partial charge in [-0.2, -0.15) is 0 Å². The van der Waals surface area contributed by atoms with E-state index in [9.17, 15) is 9.59 Å². The monoisotopic (exact) mass is 144 g/mol. The highest BCUT2D eigenvalue weighted by Gasteiger charge is 2.18. The minimum absolute atomic E-state index is 0.181. The number of urea groups is 1. The van der Waals surface area contributed by atoms with Gasteiger partial charge >= 0.3 is 6.03 Å². The van der Waals surface area contributed by atoms with Gasteiger partial charge in [0, 0.05) is 0 Å². The number of nitrogens with one attached hydrogen (secondary N) is 2. The van der Waals surface area contributed by atoms with Crippen molar-refractivity contribution in [3.05, 3.63) is 0 Å². The molecule has 48 valence electrons. The SMILES string of the molecule is O=C1NCC(=S)C(=O)N1. The quantitative estimate of drug-likeness (QED) is 0.437. The second-order valence-electron chi connectivity index (χ2n) is 1.56. The van der Waals surface area contributed by atoms with Gasteiger partial charge in [-0.05, 0) is 0 Å². The molecule has 3 amide bonds. The van der Waals surface area contributed by atoms with Crippen LogP contribution in [0.3, 0.4) is 0 Å². The molecule has 2 N–H and O–H groups in total. The fraction of sp³-hybridized carbons (Fsp3) is 0.250. The van der Waals surface area contributed by atoms with E-state index in [1.54, 1.807) is 0 Å². The third kappa shape index (κ3) is 1.23. The average molecular weight is 144 g/mol. The summed E-state index contributed by atoms with van der Waals surface area (Å²) in [5, 5.41) is 4.35. The molecule has 0 radical (unpaired) electrons. The van der Waals surface area contributed by atoms with Crippen molar-refractivity contribution in [1.82, 2.24) is 10.6 Å². The van der Waals surface area contributed by atoms with Crippen LogP contribution in [0.4, 0.5) is 4.79 Å². The average Bonchev–Trinajstić information content (AvgIpc) is 1.80. The maximum absolute atomic E-state index is 10.5. The Morgan fingerprint density at radius 2 is 2.11 bits per heavy atom. The Labute approximate surface area is 56.6 Å². The maximum atomic E-state index is 10.5. The van der Waals surface area contributed by atoms with Gasteiger partial charge in [-0.15, -0.1) is 0 Å². The Morgan fingerprint density at radius 1 is 1.44 bits per heavy atom. The summed E-state index contributed by atoms with van der Waals surface area (Å²) in [5.74, 6) is -0.464. The molecule has 1 saturated heterocycles. The molecule has 1 fully saturated rings. The standard InChI is InChI=1S/C4H4N2O2S/c7-3-2(9)1-5-4(8)6-3/h1H2,(H2,5,6,7,8). The van der Waals surface area contributed by atoms with Crippen LogP contribution in [0, 0.1) is 0 Å². The van der Waals surface area contributed by atoms with Gasteiger partial charge in [-0.1, -0.05) is 12.2 Å². The van der Waals surface area contributed by atoms with Gasteiger partial charge in [0.25, 0.3) is 5.91 Å². The molecule has 1 aliphatic rings. The van der Waals surface area contributed by atoms with Crippen molar-refractivity contribution in [3.8, 4) is 0 Å². The molecule has 0 aromatic heterocycles. The fourth-order valence-electron chi connectivity index (χ4n) is 0.458. The molecule has 0 aliphatic carbocycles. The zero-order valence-electron chi connectivity index (χ0n) is 4.43. The van der Waals surface area contributed by atoms with Gasteiger partial charge in [0.05, 0.1) is 11.4 Å². The van der Waals surface area contributed by atoms with Crippen molar-refractivity contribution < 1.29 is 9.59 Å². The Morgan fingerprint density at radius 3 is 2.56 bits per heavy atom. The summed E-state index contributed by atoms with van der Waals surface area (Å²) in [6.45, 7) is 0.181. The summed E-state index contributed by atoms with van der Waals surface area (Å²) in [4.78, 5) is 21.0. The van der Waals surface area contributed by atoms with Crippen molar-refractivity contribution in [3.63, 3.8) is 0 Å². The molecule has 0 saturated carbocycles. The number of thiocarbonyl (C=S) groups is 1. The summed E-state index contributed by atoms with van der Waals surface area (Å²) < 4.78 is 0. The summed E-state index contributed by atoms with van der Waals surface area (Å²) in [7, 11) is 0. The molecule has 1 heterocycles. The first kappa shape index (κ1) is 6.15. The highest BCUT2D eigenvalue weighted by atomic mass is 32.1. The highest BCUT2D eigenvalue weighted by molar-refractivity contribution is 7.82. The molecule has 1 rings (SSSR count). The summed E-state index contributed by atoms with van der Waals surface area (Å²) in [5.41, 5.74) is 0. The Hall–Kier alpha value is -0.970. The Balaban J connectivity index is 2.64. The molecule has 0 unspecified atom stereocenters. The van der Waals surface area contributed by atoms with Gasteiger partial charge < -0.3 is 5.32 Å². The van der Waals surface area contributed by atoms with Gasteiger partial charge in [-0.3, -0.25) is 10.1 Å². The van der Waals surface area contributed by atoms with Crippen molar-refractivity contribution in [2.24, 2.45) is 0 Å². The van der Waals surface area contributed by atoms with E-state index in [2.05, 4.69) is 17.5 Å². The highest BCUT2D eigenvalue weighted by Crippen LogP contribution is 1.82. The molecule has 1 aliphatic heterocycles. The third-order valence-corrected chi connectivity index (χ3v) is 1.22. The molecule has 0 aromatic carbocycles. The minimum Gasteiger partial charge on any atom is -0.333 e. The predicted molar refractivity (Wildman–Crippen MR) is 34.1 cm³/mol. The van der Waals surface area contributed by atoms with Crippen molar-refractivity contribution in [2.45, 2.75) is 0 Å². The van der Waals surface area contributed by atoms with Crippen LogP contribution in [-0.4, -0.2) is 23.3 Å². The number of hydrogen-bond acceptors (Lipinski definition) is 3. The van der Waals surface area contributed by atoms with E-state index < -0.39 is 11.9 Å². The van der Waals surface area contributed by atoms with E-state index >= 15 is 0 Å². The smallest absolute Gasteiger partial charge is 0.322 e. The molecule has 0 atom stereocenters. The number of carbonyl (C=O) groups is 2. The molecule has 9 heavy (non-hydrogen) atoms. The fourth-order valence-corrected chi connectivity index (χ4v) is 0.581. The third-order valence-electron chi connectivity index (χ3n) is 0.890. The van der Waals surface area contributed by atoms with Crippen LogP contribution in [0.1, 0.15) is 0 Å². The normalized spacial score (nSPS) is 18.9. The van der Waals surface area contributed by atoms with Crippen molar-refractivity contribution in [2.75, 3.05) is 6.54 Å². The van der Waals surface area contributed by atoms with Gasteiger partial charge in [0.15, 0.2) is 0 Å². The van der Waals surface area contributed by atoms with Gasteiger partial charge in [0.1, 0.15) is 0 Å². The topological polar surface area (TPSA) is 58.2 Å². The number of amides is 3. The lowest BCUT2D eigenvalue weighted by molar-refractivity contribution is -0.113. The van der Waals surface area contributed by atoms with Crippen LogP contribution in [0.15, 0.2) is 0 Å². The van der Waals surface area contributed by atoms with E-state index in [-0.39, 0.29) is 11.4 Å². The number of imide groups is 1. The lowest BCUT2D eigenvalue weighted by Gasteiger charge is -2.11. The lowest BCUT2D eigenvalue weighted by Crippen LogP contribution is -2.51. The first-order valence-electron chi connectivity index (χ1n) is 2.32. The van der Waals surface area contributed by atoms with Gasteiger partial charge in [-0.25, -0.2) is 4.79 Å². The molecule has 4 nitrogen and oxygen atoms in total. The number of rotatable bonds is 0. The van der Waals surface area contributed by atoms with E-state index in [1.807, 2.05) is 5.32 Å². The minimum atomic E-state index is -0.478. The predicted octanol–water partition coefficient (Wildman–Crippen LogP) is -0.804. The Bertz CT molecular complexity index is 189. The van der Waals surface area contributed by atoms with Crippen LogP contribution in [0.2, 0.25) is 0 Å². The maximum Gasteiger partial charge on any atom is 0.322 e. The number of hydrogen-bond donors (Lipinski definition) is 2. The summed E-state index contributed by atoms with van der Waals surface area (Å²) in [6.07, 6.45) is 0. The molecule has 0 spiro atoms. The second kappa shape index (κ2) is 2.10. The van der Waals surface area contributed by atoms with Crippen LogP contribution >= 0.6 is 12.2 Å². The molecule has 0 aromatic rings. The molecule has 5 heteroatoms. The molecular weight excluding hydrogens is 140 g/mol. The summed E-state index contributed by atoms with van der Waals surface area (Å²) >= 11 is 4.55.